The topological polar surface area (TPSA) is 9.23 Å². The molecular weight excluding hydrogens is 651 g/mol. The van der Waals surface area contributed by atoms with E-state index in [2.05, 4.69) is 0 Å². The van der Waals surface area contributed by atoms with Crippen LogP contribution in [0.2, 0.25) is 0 Å². The zero-order valence-electron chi connectivity index (χ0n) is 17.9. The largest absolute Gasteiger partial charge is 0.404 e. The molecule has 0 saturated heterocycles. The first kappa shape index (κ1) is 30.0. The first-order valence-electron chi connectivity index (χ1n) is 10.3. The predicted octanol–water partition coefficient (Wildman–Crippen LogP) is 7.95. The molecule has 0 aromatic heterocycles. The van der Waals surface area contributed by atoms with Gasteiger partial charge in [0.05, 0.1) is 0 Å². The lowest BCUT2D eigenvalue weighted by Crippen LogP contribution is -2.69. The summed E-state index contributed by atoms with van der Waals surface area (Å²) in [5, 5.41) is 3.08. The van der Waals surface area contributed by atoms with Crippen LogP contribution < -0.4 is 15.6 Å². The normalized spacial score (nSPS) is 13.6. The Balaban J connectivity index is 2.03. The molecule has 1 nitrogen and oxygen atoms in total. The second kappa shape index (κ2) is 11.7. The van der Waals surface area contributed by atoms with Crippen LogP contribution in [0.25, 0.3) is 0 Å². The highest BCUT2D eigenvalue weighted by Gasteiger charge is 2.67. The van der Waals surface area contributed by atoms with Crippen LogP contribution in [-0.4, -0.2) is 31.7 Å². The molecule has 3 aromatic rings. The third-order valence-corrected chi connectivity index (χ3v) is 15.1. The molecule has 3 rings (SSSR count). The second-order valence-corrected chi connectivity index (χ2v) is 17.5. The molecule has 0 spiro atoms. The summed E-state index contributed by atoms with van der Waals surface area (Å²) in [7, 11) is -3.01. The zero-order chi connectivity index (χ0) is 26.0. The van der Waals surface area contributed by atoms with Crippen LogP contribution in [0.15, 0.2) is 91.0 Å². The van der Waals surface area contributed by atoms with E-state index < -0.39 is 25.1 Å². The summed E-state index contributed by atoms with van der Waals surface area (Å²) in [5.41, 5.74) is 0. The van der Waals surface area contributed by atoms with Crippen LogP contribution in [0.4, 0.5) is 0 Å². The maximum Gasteiger partial charge on any atom is 0.288 e. The minimum absolute atomic E-state index is 0.0445. The predicted molar refractivity (Wildman–Crippen MR) is 158 cm³/mol. The van der Waals surface area contributed by atoms with Crippen molar-refractivity contribution in [1.29, 1.82) is 0 Å². The van der Waals surface area contributed by atoms with Gasteiger partial charge in [-0.05, 0) is 15.6 Å². The van der Waals surface area contributed by atoms with E-state index in [0.717, 1.165) is 15.6 Å². The molecule has 0 aliphatic rings. The van der Waals surface area contributed by atoms with Gasteiger partial charge in [0.1, 0.15) is 0 Å². The molecule has 0 atom stereocenters. The summed E-state index contributed by atoms with van der Waals surface area (Å²) in [6.45, 7) is 0.0445. The van der Waals surface area contributed by atoms with Gasteiger partial charge >= 0.3 is 0 Å². The number of rotatable bonds is 9. The summed E-state index contributed by atoms with van der Waals surface area (Å²) in [6.07, 6.45) is -0.0771. The zero-order valence-corrected chi connectivity index (χ0v) is 25.7. The molecule has 35 heavy (non-hydrogen) atoms. The van der Waals surface area contributed by atoms with Gasteiger partial charge < -0.3 is 4.43 Å². The van der Waals surface area contributed by atoms with Crippen LogP contribution in [0, 0.1) is 0 Å². The molecule has 0 saturated carbocycles. The van der Waals surface area contributed by atoms with Gasteiger partial charge in [0.25, 0.3) is 8.32 Å². The summed E-state index contributed by atoms with van der Waals surface area (Å²) >= 11 is 56.3. The maximum atomic E-state index is 6.78. The third kappa shape index (κ3) is 6.05. The van der Waals surface area contributed by atoms with Crippen molar-refractivity contribution >= 4 is 128 Å². The maximum absolute atomic E-state index is 6.78. The van der Waals surface area contributed by atoms with Crippen molar-refractivity contribution in [3.05, 3.63) is 91.0 Å². The van der Waals surface area contributed by atoms with Gasteiger partial charge in [-0.3, -0.25) is 0 Å². The van der Waals surface area contributed by atoms with Crippen molar-refractivity contribution in [3.63, 3.8) is 0 Å². The molecule has 0 bridgehead atoms. The van der Waals surface area contributed by atoms with Crippen molar-refractivity contribution in [2.45, 2.75) is 23.2 Å². The Labute approximate surface area is 251 Å². The van der Waals surface area contributed by atoms with Gasteiger partial charge in [0.15, 0.2) is 13.0 Å². The number of alkyl halides is 9. The second-order valence-electron chi connectivity index (χ2n) is 7.73. The lowest BCUT2D eigenvalue weighted by molar-refractivity contribution is 0.301. The van der Waals surface area contributed by atoms with E-state index in [0.29, 0.717) is 0 Å². The van der Waals surface area contributed by atoms with Crippen molar-refractivity contribution in [1.82, 2.24) is 0 Å². The summed E-state index contributed by atoms with van der Waals surface area (Å²) < 4.78 is -2.08. The highest BCUT2D eigenvalue weighted by molar-refractivity contribution is 7.07. The molecule has 0 unspecified atom stereocenters. The van der Waals surface area contributed by atoms with Gasteiger partial charge in [0.2, 0.25) is 3.79 Å². The molecule has 11 heteroatoms. The SMILES string of the molecule is ClC(Cl)(Cl)C(Cl)(Cl)C(Cl)(Cl)C(Cl)(Cl)CCO[Si](c1ccccc1)(c1ccccc1)c1ccccc1. The minimum atomic E-state index is -3.01. The molecule has 0 heterocycles. The van der Waals surface area contributed by atoms with Crippen molar-refractivity contribution < 1.29 is 4.43 Å². The fourth-order valence-electron chi connectivity index (χ4n) is 3.67. The molecule has 0 fully saturated rings. The molecule has 0 amide bonds. The van der Waals surface area contributed by atoms with Crippen LogP contribution in [0.3, 0.4) is 0 Å². The molecule has 0 aliphatic heterocycles. The van der Waals surface area contributed by atoms with Gasteiger partial charge in [-0.25, -0.2) is 0 Å². The van der Waals surface area contributed by atoms with E-state index in [4.69, 9.17) is 109 Å². The Bertz CT molecular complexity index is 992. The van der Waals surface area contributed by atoms with E-state index in [1.54, 1.807) is 0 Å². The van der Waals surface area contributed by atoms with Crippen LogP contribution in [0.5, 0.6) is 0 Å². The number of benzene rings is 3. The Kier molecular flexibility index (Phi) is 10.0. The van der Waals surface area contributed by atoms with E-state index in [1.807, 2.05) is 91.0 Å². The lowest BCUT2D eigenvalue weighted by Gasteiger charge is -2.44. The quantitative estimate of drug-likeness (QED) is 0.128. The van der Waals surface area contributed by atoms with Crippen molar-refractivity contribution in [2.75, 3.05) is 6.61 Å². The summed E-state index contributed by atoms with van der Waals surface area (Å²) in [6, 6.07) is 29.9. The summed E-state index contributed by atoms with van der Waals surface area (Å²) in [4.78, 5) is 0. The average molecular weight is 671 g/mol. The minimum Gasteiger partial charge on any atom is -0.404 e. The van der Waals surface area contributed by atoms with E-state index in [-0.39, 0.29) is 13.0 Å². The molecule has 188 valence electrons. The molecule has 0 radical (unpaired) electrons. The standard InChI is InChI=1S/C24H19Cl9OSi/c25-21(26,22(27,28)23(29,30)24(31,32)33)16-17-34-35(18-10-4-1-5-11-18,19-12-6-2-7-13-19)20-14-8-3-9-15-20/h1-15H,16-17H2. The Morgan fingerprint density at radius 2 is 0.857 bits per heavy atom. The van der Waals surface area contributed by atoms with E-state index in [9.17, 15) is 0 Å². The first-order valence-corrected chi connectivity index (χ1v) is 15.6. The van der Waals surface area contributed by atoms with Crippen LogP contribution in [-0.2, 0) is 4.43 Å². The Morgan fingerprint density at radius 3 is 1.17 bits per heavy atom. The molecular formula is C24H19Cl9OSi. The average Bonchev–Trinajstić information content (AvgIpc) is 2.82. The van der Waals surface area contributed by atoms with Crippen molar-refractivity contribution in [3.8, 4) is 0 Å². The monoisotopic (exact) mass is 666 g/mol. The first-order chi connectivity index (χ1) is 16.3. The van der Waals surface area contributed by atoms with E-state index in [1.165, 1.54) is 0 Å². The van der Waals surface area contributed by atoms with Gasteiger partial charge in [0, 0.05) is 13.0 Å². The smallest absolute Gasteiger partial charge is 0.288 e. The number of hydrogen-bond acceptors (Lipinski definition) is 1. The third-order valence-electron chi connectivity index (χ3n) is 5.49. The highest BCUT2D eigenvalue weighted by Crippen LogP contribution is 2.63. The van der Waals surface area contributed by atoms with Gasteiger partial charge in [-0.1, -0.05) is 195 Å². The number of halogens is 9. The summed E-state index contributed by atoms with van der Waals surface area (Å²) in [5.74, 6) is 0. The van der Waals surface area contributed by atoms with Crippen molar-refractivity contribution in [2.24, 2.45) is 0 Å². The molecule has 3 aromatic carbocycles. The molecule has 0 aliphatic carbocycles. The molecule has 0 N–H and O–H groups in total. The highest BCUT2D eigenvalue weighted by atomic mass is 35.6. The van der Waals surface area contributed by atoms with Gasteiger partial charge in [-0.2, -0.15) is 0 Å². The lowest BCUT2D eigenvalue weighted by atomic mass is 10.1. The fourth-order valence-corrected chi connectivity index (χ4v) is 9.70. The van der Waals surface area contributed by atoms with Crippen LogP contribution >= 0.6 is 104 Å². The number of hydrogen-bond donors (Lipinski definition) is 0. The van der Waals surface area contributed by atoms with E-state index >= 15 is 0 Å². The van der Waals surface area contributed by atoms with Gasteiger partial charge in [-0.15, -0.1) is 0 Å². The van der Waals surface area contributed by atoms with Crippen LogP contribution in [0.1, 0.15) is 6.42 Å². The Hall–Kier alpha value is 0.447. The fraction of sp³-hybridized carbons (Fsp3) is 0.250. The Morgan fingerprint density at radius 1 is 0.514 bits per heavy atom.